The lowest BCUT2D eigenvalue weighted by molar-refractivity contribution is 0.604. The van der Waals surface area contributed by atoms with E-state index in [2.05, 4.69) is 45.4 Å². The van der Waals surface area contributed by atoms with Crippen molar-refractivity contribution in [1.82, 2.24) is 10.6 Å². The van der Waals surface area contributed by atoms with Crippen molar-refractivity contribution in [3.8, 4) is 0 Å². The molecule has 0 aliphatic rings. The third-order valence-corrected chi connectivity index (χ3v) is 2.94. The minimum atomic E-state index is -0.238. The van der Waals surface area contributed by atoms with E-state index in [0.717, 1.165) is 23.5 Å². The number of halogens is 2. The lowest BCUT2D eigenvalue weighted by Gasteiger charge is -2.13. The van der Waals surface area contributed by atoms with Crippen molar-refractivity contribution in [3.05, 3.63) is 34.1 Å². The monoisotopic (exact) mass is 329 g/mol. The lowest BCUT2D eigenvalue weighted by atomic mass is 10.2. The highest BCUT2D eigenvalue weighted by molar-refractivity contribution is 9.10. The summed E-state index contributed by atoms with van der Waals surface area (Å²) >= 11 is 3.24. The maximum atomic E-state index is 13.7. The molecule has 5 heteroatoms. The van der Waals surface area contributed by atoms with Crippen molar-refractivity contribution in [1.29, 1.82) is 0 Å². The lowest BCUT2D eigenvalue weighted by Crippen LogP contribution is -2.39. The van der Waals surface area contributed by atoms with Crippen LogP contribution in [0.15, 0.2) is 27.7 Å². The van der Waals surface area contributed by atoms with Gasteiger partial charge in [-0.25, -0.2) is 9.38 Å². The molecule has 1 rings (SSSR count). The van der Waals surface area contributed by atoms with Gasteiger partial charge < -0.3 is 10.6 Å². The molecule has 0 aliphatic heterocycles. The number of benzene rings is 1. The molecular formula is C14H21BrFN3. The summed E-state index contributed by atoms with van der Waals surface area (Å²) in [5.74, 6) is 1.02. The van der Waals surface area contributed by atoms with Gasteiger partial charge in [-0.2, -0.15) is 0 Å². The van der Waals surface area contributed by atoms with Gasteiger partial charge in [0.25, 0.3) is 0 Å². The van der Waals surface area contributed by atoms with Crippen LogP contribution in [-0.4, -0.2) is 19.0 Å². The Morgan fingerprint density at radius 2 is 2.11 bits per heavy atom. The largest absolute Gasteiger partial charge is 0.357 e. The Kier molecular flexibility index (Phi) is 6.84. The van der Waals surface area contributed by atoms with E-state index in [1.54, 1.807) is 6.07 Å². The van der Waals surface area contributed by atoms with Gasteiger partial charge in [-0.1, -0.05) is 35.8 Å². The molecule has 0 heterocycles. The number of nitrogens with one attached hydrogen (secondary N) is 2. The smallest absolute Gasteiger partial charge is 0.191 e. The molecule has 0 bridgehead atoms. The van der Waals surface area contributed by atoms with Gasteiger partial charge in [0.05, 0.1) is 6.54 Å². The average molecular weight is 330 g/mol. The second-order valence-corrected chi connectivity index (χ2v) is 5.62. The molecule has 1 aromatic rings. The number of nitrogens with zero attached hydrogens (tertiary/aromatic N) is 1. The molecule has 2 N–H and O–H groups in total. The first kappa shape index (κ1) is 16.0. The van der Waals surface area contributed by atoms with Gasteiger partial charge in [-0.3, -0.25) is 0 Å². The van der Waals surface area contributed by atoms with Crippen LogP contribution in [0.5, 0.6) is 0 Å². The predicted molar refractivity (Wildman–Crippen MR) is 81.8 cm³/mol. The molecule has 0 saturated carbocycles. The minimum Gasteiger partial charge on any atom is -0.357 e. The van der Waals surface area contributed by atoms with E-state index in [0.29, 0.717) is 18.0 Å². The van der Waals surface area contributed by atoms with Gasteiger partial charge in [0.15, 0.2) is 5.96 Å². The zero-order valence-electron chi connectivity index (χ0n) is 11.6. The Balaban J connectivity index is 2.68. The van der Waals surface area contributed by atoms with Gasteiger partial charge in [0, 0.05) is 23.1 Å². The molecule has 3 nitrogen and oxygen atoms in total. The first-order valence-electron chi connectivity index (χ1n) is 6.49. The standard InChI is InChI=1S/C14H21BrFN3/c1-4-17-14(18-8-10(2)3)19-9-11-5-6-12(15)7-13(11)16/h5-7,10H,4,8-9H2,1-3H3,(H2,17,18,19). The Hall–Kier alpha value is -1.10. The van der Waals surface area contributed by atoms with Crippen LogP contribution in [0.2, 0.25) is 0 Å². The third kappa shape index (κ3) is 6.05. The zero-order chi connectivity index (χ0) is 14.3. The number of aliphatic imine (C=N–C) groups is 1. The first-order chi connectivity index (χ1) is 9.02. The summed E-state index contributed by atoms with van der Waals surface area (Å²) in [5.41, 5.74) is 0.588. The van der Waals surface area contributed by atoms with Crippen molar-refractivity contribution < 1.29 is 4.39 Å². The van der Waals surface area contributed by atoms with E-state index in [1.165, 1.54) is 6.07 Å². The van der Waals surface area contributed by atoms with E-state index in [1.807, 2.05) is 13.0 Å². The highest BCUT2D eigenvalue weighted by atomic mass is 79.9. The summed E-state index contributed by atoms with van der Waals surface area (Å²) < 4.78 is 14.4. The second-order valence-electron chi connectivity index (χ2n) is 4.71. The fourth-order valence-corrected chi connectivity index (χ4v) is 1.79. The Bertz CT molecular complexity index is 433. The van der Waals surface area contributed by atoms with Crippen LogP contribution in [0.25, 0.3) is 0 Å². The van der Waals surface area contributed by atoms with Crippen LogP contribution < -0.4 is 10.6 Å². The molecule has 0 aliphatic carbocycles. The molecule has 0 spiro atoms. The van der Waals surface area contributed by atoms with Crippen molar-refractivity contribution in [2.45, 2.75) is 27.3 Å². The summed E-state index contributed by atoms with van der Waals surface area (Å²) in [6.45, 7) is 8.22. The molecule has 0 radical (unpaired) electrons. The van der Waals surface area contributed by atoms with Gasteiger partial charge in [0.2, 0.25) is 0 Å². The van der Waals surface area contributed by atoms with Crippen molar-refractivity contribution in [2.24, 2.45) is 10.9 Å². The minimum absolute atomic E-state index is 0.238. The Morgan fingerprint density at radius 3 is 2.68 bits per heavy atom. The van der Waals surface area contributed by atoms with Crippen molar-refractivity contribution in [2.75, 3.05) is 13.1 Å². The molecule has 0 fully saturated rings. The first-order valence-corrected chi connectivity index (χ1v) is 7.28. The van der Waals surface area contributed by atoms with Crippen LogP contribution >= 0.6 is 15.9 Å². The zero-order valence-corrected chi connectivity index (χ0v) is 13.2. The summed E-state index contributed by atoms with van der Waals surface area (Å²) in [4.78, 5) is 4.39. The molecule has 106 valence electrons. The van der Waals surface area contributed by atoms with Crippen LogP contribution in [0.4, 0.5) is 4.39 Å². The van der Waals surface area contributed by atoms with Crippen LogP contribution in [-0.2, 0) is 6.54 Å². The van der Waals surface area contributed by atoms with Crippen LogP contribution in [0, 0.1) is 11.7 Å². The maximum Gasteiger partial charge on any atom is 0.191 e. The molecular weight excluding hydrogens is 309 g/mol. The number of hydrogen-bond donors (Lipinski definition) is 2. The number of guanidine groups is 1. The maximum absolute atomic E-state index is 13.7. The summed E-state index contributed by atoms with van der Waals surface area (Å²) in [5, 5.41) is 6.37. The number of rotatable bonds is 5. The summed E-state index contributed by atoms with van der Waals surface area (Å²) in [6.07, 6.45) is 0. The van der Waals surface area contributed by atoms with Crippen molar-refractivity contribution in [3.63, 3.8) is 0 Å². The molecule has 19 heavy (non-hydrogen) atoms. The fourth-order valence-electron chi connectivity index (χ4n) is 1.46. The van der Waals surface area contributed by atoms with Crippen LogP contribution in [0.3, 0.4) is 0 Å². The third-order valence-electron chi connectivity index (χ3n) is 2.44. The molecule has 0 aromatic heterocycles. The van der Waals surface area contributed by atoms with Gasteiger partial charge in [-0.15, -0.1) is 0 Å². The average Bonchev–Trinajstić information content (AvgIpc) is 2.34. The van der Waals surface area contributed by atoms with E-state index in [-0.39, 0.29) is 5.82 Å². The predicted octanol–water partition coefficient (Wildman–Crippen LogP) is 3.30. The topological polar surface area (TPSA) is 36.4 Å². The highest BCUT2D eigenvalue weighted by Gasteiger charge is 2.03. The second kappa shape index (κ2) is 8.15. The molecule has 0 unspecified atom stereocenters. The van der Waals surface area contributed by atoms with E-state index < -0.39 is 0 Å². The summed E-state index contributed by atoms with van der Waals surface area (Å²) in [6, 6.07) is 5.02. The molecule has 1 aromatic carbocycles. The normalized spacial score (nSPS) is 11.8. The SMILES string of the molecule is CCNC(=NCc1ccc(Br)cc1F)NCC(C)C. The molecule has 0 saturated heterocycles. The highest BCUT2D eigenvalue weighted by Crippen LogP contribution is 2.15. The van der Waals surface area contributed by atoms with Gasteiger partial charge in [0.1, 0.15) is 5.82 Å². The van der Waals surface area contributed by atoms with E-state index in [9.17, 15) is 4.39 Å². The molecule has 0 amide bonds. The van der Waals surface area contributed by atoms with Gasteiger partial charge in [-0.05, 0) is 25.0 Å². The van der Waals surface area contributed by atoms with Gasteiger partial charge >= 0.3 is 0 Å². The Morgan fingerprint density at radius 1 is 1.37 bits per heavy atom. The van der Waals surface area contributed by atoms with Crippen LogP contribution in [0.1, 0.15) is 26.3 Å². The van der Waals surface area contributed by atoms with E-state index >= 15 is 0 Å². The summed E-state index contributed by atoms with van der Waals surface area (Å²) in [7, 11) is 0. The fraction of sp³-hybridized carbons (Fsp3) is 0.500. The molecule has 0 atom stereocenters. The Labute approximate surface area is 122 Å². The van der Waals surface area contributed by atoms with Crippen molar-refractivity contribution >= 4 is 21.9 Å². The number of hydrogen-bond acceptors (Lipinski definition) is 1. The quantitative estimate of drug-likeness (QED) is 0.642. The van der Waals surface area contributed by atoms with E-state index in [4.69, 9.17) is 0 Å².